The first-order valence-electron chi connectivity index (χ1n) is 9.81. The number of carbonyl (C=O) groups is 1. The fraction of sp³-hybridized carbons (Fsp3) is 0.522. The smallest absolute Gasteiger partial charge is 0.332 e. The highest BCUT2D eigenvalue weighted by atomic mass is 16.5. The number of hydrogen-bond acceptors (Lipinski definition) is 2. The monoisotopic (exact) mass is 360 g/mol. The Morgan fingerprint density at radius 2 is 1.27 bits per heavy atom. The lowest BCUT2D eigenvalue weighted by Gasteiger charge is -2.10. The largest absolute Gasteiger partial charge is 0.479 e. The predicted molar refractivity (Wildman–Crippen MR) is 111 cm³/mol. The molecule has 0 aliphatic carbocycles. The molecule has 0 saturated heterocycles. The molecule has 0 amide bonds. The first-order chi connectivity index (χ1) is 12.7. The molecule has 0 aliphatic rings. The number of rotatable bonds is 16. The summed E-state index contributed by atoms with van der Waals surface area (Å²) in [5.74, 6) is -0.873. The summed E-state index contributed by atoms with van der Waals surface area (Å²) < 4.78 is 5.31. The second-order valence-corrected chi connectivity index (χ2v) is 5.96. The molecule has 1 unspecified atom stereocenters. The molecule has 0 aliphatic heterocycles. The van der Waals surface area contributed by atoms with Gasteiger partial charge in [-0.25, -0.2) is 4.79 Å². The van der Waals surface area contributed by atoms with Crippen LogP contribution >= 0.6 is 0 Å². The van der Waals surface area contributed by atoms with E-state index < -0.39 is 12.1 Å². The van der Waals surface area contributed by atoms with E-state index in [0.29, 0.717) is 13.0 Å². The molecule has 0 saturated carbocycles. The Morgan fingerprint density at radius 1 is 0.808 bits per heavy atom. The lowest BCUT2D eigenvalue weighted by atomic mass is 10.2. The molecule has 0 fully saturated rings. The van der Waals surface area contributed by atoms with Crippen molar-refractivity contribution in [1.29, 1.82) is 0 Å². The van der Waals surface area contributed by atoms with E-state index in [0.717, 1.165) is 44.9 Å². The van der Waals surface area contributed by atoms with E-state index in [9.17, 15) is 4.79 Å². The maximum Gasteiger partial charge on any atom is 0.332 e. The average molecular weight is 361 g/mol. The Morgan fingerprint density at radius 3 is 1.69 bits per heavy atom. The number of ether oxygens (including phenoxy) is 1. The van der Waals surface area contributed by atoms with Crippen LogP contribution in [0.2, 0.25) is 0 Å². The maximum absolute atomic E-state index is 10.8. The van der Waals surface area contributed by atoms with Crippen LogP contribution in [0.5, 0.6) is 0 Å². The van der Waals surface area contributed by atoms with E-state index in [1.54, 1.807) is 0 Å². The van der Waals surface area contributed by atoms with Gasteiger partial charge in [-0.1, -0.05) is 74.6 Å². The Bertz CT molecular complexity index is 470. The van der Waals surface area contributed by atoms with Crippen molar-refractivity contribution >= 4 is 5.97 Å². The van der Waals surface area contributed by atoms with E-state index in [4.69, 9.17) is 9.84 Å². The van der Waals surface area contributed by atoms with Gasteiger partial charge >= 0.3 is 5.97 Å². The van der Waals surface area contributed by atoms with Crippen LogP contribution in [-0.2, 0) is 9.53 Å². The molecule has 3 heteroatoms. The van der Waals surface area contributed by atoms with Gasteiger partial charge in [-0.15, -0.1) is 0 Å². The van der Waals surface area contributed by atoms with E-state index in [1.165, 1.54) is 0 Å². The van der Waals surface area contributed by atoms with Crippen LogP contribution in [0.15, 0.2) is 60.8 Å². The molecule has 0 aromatic heterocycles. The van der Waals surface area contributed by atoms with Gasteiger partial charge in [-0.3, -0.25) is 0 Å². The highest BCUT2D eigenvalue weighted by Crippen LogP contribution is 2.02. The van der Waals surface area contributed by atoms with Gasteiger partial charge in [0.15, 0.2) is 6.10 Å². The zero-order valence-corrected chi connectivity index (χ0v) is 16.5. The molecule has 1 atom stereocenters. The zero-order chi connectivity index (χ0) is 19.3. The average Bonchev–Trinajstić information content (AvgIpc) is 2.63. The van der Waals surface area contributed by atoms with Gasteiger partial charge in [0, 0.05) is 6.61 Å². The molecular weight excluding hydrogens is 324 g/mol. The minimum Gasteiger partial charge on any atom is -0.479 e. The highest BCUT2D eigenvalue weighted by Gasteiger charge is 2.14. The summed E-state index contributed by atoms with van der Waals surface area (Å²) in [4.78, 5) is 10.8. The van der Waals surface area contributed by atoms with E-state index in [-0.39, 0.29) is 0 Å². The number of carboxylic acid groups (broad SMARTS) is 1. The molecule has 3 nitrogen and oxygen atoms in total. The van der Waals surface area contributed by atoms with Gasteiger partial charge in [-0.05, 0) is 51.4 Å². The number of hydrogen-bond donors (Lipinski definition) is 1. The Balaban J connectivity index is 3.54. The third-order valence-corrected chi connectivity index (χ3v) is 3.64. The first kappa shape index (κ1) is 24.1. The Kier molecular flexibility index (Phi) is 18.1. The fourth-order valence-electron chi connectivity index (χ4n) is 2.16. The Hall–Kier alpha value is -1.87. The molecule has 0 aromatic rings. The molecule has 0 spiro atoms. The topological polar surface area (TPSA) is 46.5 Å². The number of unbranched alkanes of at least 4 members (excludes halogenated alkanes) is 1. The van der Waals surface area contributed by atoms with Gasteiger partial charge in [0.25, 0.3) is 0 Å². The number of carboxylic acids is 1. The lowest BCUT2D eigenvalue weighted by molar-refractivity contribution is -0.150. The summed E-state index contributed by atoms with van der Waals surface area (Å²) >= 11 is 0. The van der Waals surface area contributed by atoms with Gasteiger partial charge < -0.3 is 9.84 Å². The number of aliphatic carboxylic acids is 1. The summed E-state index contributed by atoms with van der Waals surface area (Å²) in [5.41, 5.74) is 0. The predicted octanol–water partition coefficient (Wildman–Crippen LogP) is 6.40. The van der Waals surface area contributed by atoms with Crippen molar-refractivity contribution in [2.24, 2.45) is 0 Å². The minimum absolute atomic E-state index is 0.499. The molecule has 0 heterocycles. The summed E-state index contributed by atoms with van der Waals surface area (Å²) in [6.07, 6.45) is 28.4. The van der Waals surface area contributed by atoms with Gasteiger partial charge in [0.1, 0.15) is 0 Å². The minimum atomic E-state index is -0.873. The molecule has 146 valence electrons. The summed E-state index contributed by atoms with van der Waals surface area (Å²) in [7, 11) is 0. The molecular formula is C23H36O3. The van der Waals surface area contributed by atoms with Gasteiger partial charge in [0.05, 0.1) is 0 Å². The summed E-state index contributed by atoms with van der Waals surface area (Å²) in [6.45, 7) is 4.47. The Labute approximate surface area is 159 Å². The second kappa shape index (κ2) is 19.5. The fourth-order valence-corrected chi connectivity index (χ4v) is 2.16. The highest BCUT2D eigenvalue weighted by molar-refractivity contribution is 5.72. The van der Waals surface area contributed by atoms with Crippen molar-refractivity contribution < 1.29 is 14.6 Å². The first-order valence-corrected chi connectivity index (χ1v) is 9.81. The molecule has 26 heavy (non-hydrogen) atoms. The molecule has 0 bridgehead atoms. The maximum atomic E-state index is 10.8. The SMILES string of the molecule is CC/C=C\C/C=C\C/C=C\C/C=C\C/C=C\CCCOC(CC)C(=O)O. The van der Waals surface area contributed by atoms with Crippen molar-refractivity contribution in [2.75, 3.05) is 6.61 Å². The third kappa shape index (κ3) is 17.0. The van der Waals surface area contributed by atoms with Crippen LogP contribution in [-0.4, -0.2) is 23.8 Å². The standard InChI is InChI=1S/C23H36O3/c1-3-5-6-7-8-9-10-11-12-13-14-15-16-17-18-19-20-21-26-22(4-2)23(24)25/h5-6,8-9,11-12,14-15,17-18,22H,3-4,7,10,13,16,19-21H2,1-2H3,(H,24,25)/b6-5-,9-8-,12-11-,15-14-,18-17-. The summed E-state index contributed by atoms with van der Waals surface area (Å²) in [6, 6.07) is 0. The van der Waals surface area contributed by atoms with Crippen LogP contribution in [0.4, 0.5) is 0 Å². The van der Waals surface area contributed by atoms with E-state index >= 15 is 0 Å². The van der Waals surface area contributed by atoms with Crippen molar-refractivity contribution in [3.05, 3.63) is 60.8 Å². The van der Waals surface area contributed by atoms with E-state index in [1.807, 2.05) is 6.92 Å². The van der Waals surface area contributed by atoms with Crippen molar-refractivity contribution in [3.63, 3.8) is 0 Å². The van der Waals surface area contributed by atoms with Gasteiger partial charge in [0.2, 0.25) is 0 Å². The van der Waals surface area contributed by atoms with Crippen LogP contribution in [0.25, 0.3) is 0 Å². The molecule has 0 rings (SSSR count). The van der Waals surface area contributed by atoms with Crippen LogP contribution in [0.3, 0.4) is 0 Å². The van der Waals surface area contributed by atoms with Crippen molar-refractivity contribution in [3.8, 4) is 0 Å². The zero-order valence-electron chi connectivity index (χ0n) is 16.5. The van der Waals surface area contributed by atoms with Crippen LogP contribution in [0.1, 0.15) is 65.2 Å². The van der Waals surface area contributed by atoms with Crippen molar-refractivity contribution in [1.82, 2.24) is 0 Å². The summed E-state index contributed by atoms with van der Waals surface area (Å²) in [5, 5.41) is 8.86. The normalized spacial score (nSPS) is 13.9. The van der Waals surface area contributed by atoms with E-state index in [2.05, 4.69) is 67.7 Å². The molecule has 1 N–H and O–H groups in total. The van der Waals surface area contributed by atoms with Crippen molar-refractivity contribution in [2.45, 2.75) is 71.3 Å². The quantitative estimate of drug-likeness (QED) is 0.256. The molecule has 0 aromatic carbocycles. The van der Waals surface area contributed by atoms with Crippen LogP contribution in [0, 0.1) is 0 Å². The van der Waals surface area contributed by atoms with Crippen LogP contribution < -0.4 is 0 Å². The van der Waals surface area contributed by atoms with Gasteiger partial charge in [-0.2, -0.15) is 0 Å². The number of allylic oxidation sites excluding steroid dienone is 10. The second-order valence-electron chi connectivity index (χ2n) is 5.96. The molecule has 0 radical (unpaired) electrons. The lowest BCUT2D eigenvalue weighted by Crippen LogP contribution is -2.23. The third-order valence-electron chi connectivity index (χ3n) is 3.64.